The lowest BCUT2D eigenvalue weighted by Gasteiger charge is -2.21. The minimum absolute atomic E-state index is 0.0451. The summed E-state index contributed by atoms with van der Waals surface area (Å²) in [6.07, 6.45) is 10.5. The number of hydrogen-bond acceptors (Lipinski definition) is 4. The summed E-state index contributed by atoms with van der Waals surface area (Å²) in [6, 6.07) is 3.71. The van der Waals surface area contributed by atoms with Crippen molar-refractivity contribution in [2.45, 2.75) is 25.7 Å². The van der Waals surface area contributed by atoms with E-state index in [1.165, 1.54) is 0 Å². The zero-order valence-corrected chi connectivity index (χ0v) is 12.4. The van der Waals surface area contributed by atoms with E-state index < -0.39 is 0 Å². The van der Waals surface area contributed by atoms with Crippen molar-refractivity contribution in [2.24, 2.45) is 5.92 Å². The van der Waals surface area contributed by atoms with Crippen LogP contribution in [0.25, 0.3) is 5.82 Å². The van der Waals surface area contributed by atoms with Crippen LogP contribution in [0.3, 0.4) is 0 Å². The monoisotopic (exact) mass is 300 g/mol. The zero-order valence-electron chi connectivity index (χ0n) is 12.4. The van der Waals surface area contributed by atoms with Crippen LogP contribution in [0.5, 0.6) is 0 Å². The van der Waals surface area contributed by atoms with Crippen LogP contribution in [0, 0.1) is 5.92 Å². The quantitative estimate of drug-likeness (QED) is 0.920. The summed E-state index contributed by atoms with van der Waals surface area (Å²) in [7, 11) is 0. The summed E-state index contributed by atoms with van der Waals surface area (Å²) in [5, 5.41) is 2.90. The maximum absolute atomic E-state index is 12.0. The molecule has 6 heteroatoms. The second-order valence-corrected chi connectivity index (χ2v) is 5.52. The summed E-state index contributed by atoms with van der Waals surface area (Å²) in [5.41, 5.74) is 0.723. The van der Waals surface area contributed by atoms with Gasteiger partial charge in [0.05, 0.1) is 11.9 Å². The number of hydrogen-bond donors (Lipinski definition) is 1. The molecule has 1 amide bonds. The molecule has 3 heterocycles. The van der Waals surface area contributed by atoms with Gasteiger partial charge in [-0.1, -0.05) is 0 Å². The third-order valence-corrected chi connectivity index (χ3v) is 3.92. The molecule has 0 atom stereocenters. The molecule has 1 aliphatic heterocycles. The molecule has 0 spiro atoms. The summed E-state index contributed by atoms with van der Waals surface area (Å²) in [4.78, 5) is 20.3. The fourth-order valence-corrected chi connectivity index (χ4v) is 2.60. The maximum Gasteiger partial charge on any atom is 0.224 e. The van der Waals surface area contributed by atoms with E-state index in [1.807, 2.05) is 22.9 Å². The number of amides is 1. The average molecular weight is 300 g/mol. The summed E-state index contributed by atoms with van der Waals surface area (Å²) in [6.45, 7) is 1.65. The molecule has 0 saturated carbocycles. The lowest BCUT2D eigenvalue weighted by molar-refractivity contribution is -0.116. The van der Waals surface area contributed by atoms with Gasteiger partial charge in [0.25, 0.3) is 0 Å². The standard InChI is InChI=1S/C16H20N4O2/c21-16(4-1-13-5-9-22-10-6-13)19-14-2-3-15(18-11-14)20-8-7-17-12-20/h2-3,7-8,11-13H,1,4-6,9-10H2,(H,19,21). The van der Waals surface area contributed by atoms with E-state index in [1.54, 1.807) is 18.7 Å². The summed E-state index contributed by atoms with van der Waals surface area (Å²) >= 11 is 0. The first-order valence-corrected chi connectivity index (χ1v) is 7.63. The third kappa shape index (κ3) is 3.92. The number of pyridine rings is 1. The molecule has 0 bridgehead atoms. The molecule has 2 aromatic heterocycles. The highest BCUT2D eigenvalue weighted by atomic mass is 16.5. The molecule has 1 fully saturated rings. The Morgan fingerprint density at radius 3 is 2.91 bits per heavy atom. The fraction of sp³-hybridized carbons (Fsp3) is 0.438. The van der Waals surface area contributed by atoms with E-state index in [2.05, 4.69) is 15.3 Å². The lowest BCUT2D eigenvalue weighted by Crippen LogP contribution is -2.18. The minimum Gasteiger partial charge on any atom is -0.381 e. The topological polar surface area (TPSA) is 69.0 Å². The Labute approximate surface area is 129 Å². The Bertz CT molecular complexity index is 589. The average Bonchev–Trinajstić information content (AvgIpc) is 3.09. The van der Waals surface area contributed by atoms with Crippen molar-refractivity contribution in [3.05, 3.63) is 37.1 Å². The Balaban J connectivity index is 1.48. The molecular weight excluding hydrogens is 280 g/mol. The Morgan fingerprint density at radius 2 is 2.23 bits per heavy atom. The number of aromatic nitrogens is 3. The second-order valence-electron chi connectivity index (χ2n) is 5.52. The maximum atomic E-state index is 12.0. The van der Waals surface area contributed by atoms with Gasteiger partial charge in [0.2, 0.25) is 5.91 Å². The first kappa shape index (κ1) is 14.7. The van der Waals surface area contributed by atoms with Gasteiger partial charge in [0.15, 0.2) is 0 Å². The molecule has 2 aromatic rings. The number of anilines is 1. The van der Waals surface area contributed by atoms with Gasteiger partial charge in [-0.3, -0.25) is 9.36 Å². The number of nitrogens with zero attached hydrogens (tertiary/aromatic N) is 3. The van der Waals surface area contributed by atoms with Gasteiger partial charge in [-0.15, -0.1) is 0 Å². The molecule has 0 aliphatic carbocycles. The predicted molar refractivity (Wildman–Crippen MR) is 82.8 cm³/mol. The van der Waals surface area contributed by atoms with E-state index in [9.17, 15) is 4.79 Å². The van der Waals surface area contributed by atoms with Gasteiger partial charge in [-0.05, 0) is 37.3 Å². The van der Waals surface area contributed by atoms with Crippen LogP contribution in [-0.4, -0.2) is 33.7 Å². The molecule has 3 rings (SSSR count). The molecule has 22 heavy (non-hydrogen) atoms. The highest BCUT2D eigenvalue weighted by Crippen LogP contribution is 2.20. The highest BCUT2D eigenvalue weighted by Gasteiger charge is 2.15. The van der Waals surface area contributed by atoms with E-state index in [4.69, 9.17) is 4.74 Å². The molecular formula is C16H20N4O2. The van der Waals surface area contributed by atoms with E-state index >= 15 is 0 Å². The van der Waals surface area contributed by atoms with Crippen molar-refractivity contribution in [3.8, 4) is 5.82 Å². The highest BCUT2D eigenvalue weighted by molar-refractivity contribution is 5.90. The van der Waals surface area contributed by atoms with Gasteiger partial charge in [-0.2, -0.15) is 0 Å². The largest absolute Gasteiger partial charge is 0.381 e. The number of rotatable bonds is 5. The first-order valence-electron chi connectivity index (χ1n) is 7.63. The second kappa shape index (κ2) is 7.17. The normalized spacial score (nSPS) is 15.6. The Morgan fingerprint density at radius 1 is 1.36 bits per heavy atom. The minimum atomic E-state index is 0.0451. The zero-order chi connectivity index (χ0) is 15.2. The molecule has 0 radical (unpaired) electrons. The summed E-state index contributed by atoms with van der Waals surface area (Å²) < 4.78 is 7.14. The van der Waals surface area contributed by atoms with Crippen LogP contribution < -0.4 is 5.32 Å². The van der Waals surface area contributed by atoms with Gasteiger partial charge in [-0.25, -0.2) is 9.97 Å². The smallest absolute Gasteiger partial charge is 0.224 e. The molecule has 0 aromatic carbocycles. The van der Waals surface area contributed by atoms with Crippen molar-refractivity contribution >= 4 is 11.6 Å². The van der Waals surface area contributed by atoms with E-state index in [0.717, 1.165) is 44.0 Å². The predicted octanol–water partition coefficient (Wildman–Crippen LogP) is 2.41. The van der Waals surface area contributed by atoms with Gasteiger partial charge < -0.3 is 10.1 Å². The molecule has 1 N–H and O–H groups in total. The van der Waals surface area contributed by atoms with Crippen LogP contribution in [0.4, 0.5) is 5.69 Å². The Hall–Kier alpha value is -2.21. The Kier molecular flexibility index (Phi) is 4.80. The van der Waals surface area contributed by atoms with Crippen LogP contribution in [0.1, 0.15) is 25.7 Å². The molecule has 116 valence electrons. The van der Waals surface area contributed by atoms with Crippen molar-refractivity contribution in [2.75, 3.05) is 18.5 Å². The van der Waals surface area contributed by atoms with Crippen LogP contribution in [0.2, 0.25) is 0 Å². The molecule has 0 unspecified atom stereocenters. The van der Waals surface area contributed by atoms with Gasteiger partial charge in [0, 0.05) is 32.0 Å². The number of imidazole rings is 1. The third-order valence-electron chi connectivity index (χ3n) is 3.92. The van der Waals surface area contributed by atoms with Gasteiger partial charge in [0.1, 0.15) is 12.1 Å². The molecule has 6 nitrogen and oxygen atoms in total. The summed E-state index contributed by atoms with van der Waals surface area (Å²) in [5.74, 6) is 1.43. The van der Waals surface area contributed by atoms with Crippen molar-refractivity contribution < 1.29 is 9.53 Å². The number of carbonyl (C=O) groups is 1. The van der Waals surface area contributed by atoms with Crippen LogP contribution >= 0.6 is 0 Å². The van der Waals surface area contributed by atoms with Crippen molar-refractivity contribution in [1.29, 1.82) is 0 Å². The van der Waals surface area contributed by atoms with E-state index in [-0.39, 0.29) is 5.91 Å². The first-order chi connectivity index (χ1) is 10.8. The number of carbonyl (C=O) groups excluding carboxylic acids is 1. The SMILES string of the molecule is O=C(CCC1CCOCC1)Nc1ccc(-n2ccnc2)nc1. The number of nitrogens with one attached hydrogen (secondary N) is 1. The molecule has 1 aliphatic rings. The van der Waals surface area contributed by atoms with Crippen LogP contribution in [-0.2, 0) is 9.53 Å². The van der Waals surface area contributed by atoms with Crippen molar-refractivity contribution in [3.63, 3.8) is 0 Å². The van der Waals surface area contributed by atoms with E-state index in [0.29, 0.717) is 12.3 Å². The number of ether oxygens (including phenoxy) is 1. The lowest BCUT2D eigenvalue weighted by atomic mass is 9.95. The van der Waals surface area contributed by atoms with Crippen LogP contribution in [0.15, 0.2) is 37.1 Å². The fourth-order valence-electron chi connectivity index (χ4n) is 2.60. The van der Waals surface area contributed by atoms with Crippen molar-refractivity contribution in [1.82, 2.24) is 14.5 Å². The molecule has 1 saturated heterocycles. The van der Waals surface area contributed by atoms with Gasteiger partial charge >= 0.3 is 0 Å².